The van der Waals surface area contributed by atoms with Crippen LogP contribution in [0.15, 0.2) is 212 Å². The molecule has 0 fully saturated rings. The first-order valence-corrected chi connectivity index (χ1v) is 19.3. The van der Waals surface area contributed by atoms with E-state index < -0.39 is 0 Å². The lowest BCUT2D eigenvalue weighted by Crippen LogP contribution is -2.12. The van der Waals surface area contributed by atoms with E-state index in [2.05, 4.69) is 217 Å². The Bertz CT molecular complexity index is 2920. The van der Waals surface area contributed by atoms with E-state index in [1.54, 1.807) is 0 Å². The van der Waals surface area contributed by atoms with Gasteiger partial charge in [-0.15, -0.1) is 11.3 Å². The molecular formula is C52H35NS. The van der Waals surface area contributed by atoms with Crippen LogP contribution >= 0.6 is 11.3 Å². The Kier molecular flexibility index (Phi) is 8.09. The van der Waals surface area contributed by atoms with Gasteiger partial charge in [-0.05, 0) is 74.7 Å². The average Bonchev–Trinajstić information content (AvgIpc) is 3.64. The molecule has 0 N–H and O–H groups in total. The zero-order chi connectivity index (χ0) is 35.8. The minimum absolute atomic E-state index is 1.10. The van der Waals surface area contributed by atoms with Gasteiger partial charge in [-0.1, -0.05) is 182 Å². The Morgan fingerprint density at radius 3 is 1.63 bits per heavy atom. The Labute approximate surface area is 319 Å². The SMILES string of the molecule is c1ccc(-c2ccccc2-c2c(-c3ccccc3)cccc2N(c2ccc(-c3cccc4c3sc3ccccc34)cc2)c2cccc3ccccc23)cc1. The minimum atomic E-state index is 1.10. The smallest absolute Gasteiger partial charge is 0.0546 e. The summed E-state index contributed by atoms with van der Waals surface area (Å²) in [4.78, 5) is 2.47. The maximum Gasteiger partial charge on any atom is 0.0546 e. The molecule has 0 bridgehead atoms. The largest absolute Gasteiger partial charge is 0.309 e. The highest BCUT2D eigenvalue weighted by Crippen LogP contribution is 2.49. The van der Waals surface area contributed by atoms with Crippen LogP contribution in [0.5, 0.6) is 0 Å². The van der Waals surface area contributed by atoms with Gasteiger partial charge in [0, 0.05) is 36.8 Å². The first kappa shape index (κ1) is 32.0. The van der Waals surface area contributed by atoms with Crippen molar-refractivity contribution in [3.8, 4) is 44.5 Å². The second-order valence-corrected chi connectivity index (χ2v) is 14.7. The Balaban J connectivity index is 1.23. The van der Waals surface area contributed by atoms with E-state index in [-0.39, 0.29) is 0 Å². The summed E-state index contributed by atoms with van der Waals surface area (Å²) in [6, 6.07) is 77.2. The van der Waals surface area contributed by atoms with Gasteiger partial charge in [0.1, 0.15) is 0 Å². The molecule has 0 saturated heterocycles. The maximum atomic E-state index is 2.47. The van der Waals surface area contributed by atoms with E-state index in [1.165, 1.54) is 75.5 Å². The van der Waals surface area contributed by atoms with Crippen molar-refractivity contribution in [2.75, 3.05) is 4.90 Å². The molecule has 1 aromatic heterocycles. The normalized spacial score (nSPS) is 11.3. The van der Waals surface area contributed by atoms with Crippen molar-refractivity contribution in [1.82, 2.24) is 0 Å². The topological polar surface area (TPSA) is 3.24 Å². The third-order valence-corrected chi connectivity index (χ3v) is 11.7. The molecule has 0 spiro atoms. The monoisotopic (exact) mass is 705 g/mol. The minimum Gasteiger partial charge on any atom is -0.309 e. The molecule has 0 aliphatic rings. The van der Waals surface area contributed by atoms with Gasteiger partial charge in [0.15, 0.2) is 0 Å². The molecule has 10 aromatic rings. The molecule has 1 heterocycles. The fraction of sp³-hybridized carbons (Fsp3) is 0. The molecule has 0 amide bonds. The quantitative estimate of drug-likeness (QED) is 0.160. The lowest BCUT2D eigenvalue weighted by molar-refractivity contribution is 1.30. The summed E-state index contributed by atoms with van der Waals surface area (Å²) >= 11 is 1.88. The van der Waals surface area contributed by atoms with Crippen molar-refractivity contribution in [2.45, 2.75) is 0 Å². The van der Waals surface area contributed by atoms with Gasteiger partial charge in [0.25, 0.3) is 0 Å². The zero-order valence-corrected chi connectivity index (χ0v) is 30.4. The van der Waals surface area contributed by atoms with Gasteiger partial charge < -0.3 is 4.90 Å². The summed E-state index contributed by atoms with van der Waals surface area (Å²) in [5.41, 5.74) is 13.0. The van der Waals surface area contributed by atoms with Crippen LogP contribution in [-0.4, -0.2) is 0 Å². The van der Waals surface area contributed by atoms with Crippen LogP contribution in [0.1, 0.15) is 0 Å². The number of hydrogen-bond acceptors (Lipinski definition) is 2. The predicted molar refractivity (Wildman–Crippen MR) is 233 cm³/mol. The number of anilines is 3. The molecule has 0 atom stereocenters. The van der Waals surface area contributed by atoms with Crippen LogP contribution in [0.3, 0.4) is 0 Å². The zero-order valence-electron chi connectivity index (χ0n) is 29.6. The van der Waals surface area contributed by atoms with Crippen LogP contribution in [-0.2, 0) is 0 Å². The number of fused-ring (bicyclic) bond motifs is 4. The van der Waals surface area contributed by atoms with E-state index in [9.17, 15) is 0 Å². The summed E-state index contributed by atoms with van der Waals surface area (Å²) in [5.74, 6) is 0. The van der Waals surface area contributed by atoms with E-state index in [4.69, 9.17) is 0 Å². The van der Waals surface area contributed by atoms with Gasteiger partial charge >= 0.3 is 0 Å². The number of rotatable bonds is 7. The molecule has 0 aliphatic carbocycles. The summed E-state index contributed by atoms with van der Waals surface area (Å²) in [7, 11) is 0. The molecule has 1 nitrogen and oxygen atoms in total. The molecule has 0 radical (unpaired) electrons. The average molecular weight is 706 g/mol. The van der Waals surface area contributed by atoms with E-state index in [1.807, 2.05) is 11.3 Å². The number of benzene rings is 9. The van der Waals surface area contributed by atoms with Crippen molar-refractivity contribution in [2.24, 2.45) is 0 Å². The molecule has 0 saturated carbocycles. The van der Waals surface area contributed by atoms with Crippen molar-refractivity contribution < 1.29 is 0 Å². The van der Waals surface area contributed by atoms with Crippen molar-refractivity contribution >= 4 is 59.3 Å². The van der Waals surface area contributed by atoms with E-state index >= 15 is 0 Å². The van der Waals surface area contributed by atoms with Crippen LogP contribution < -0.4 is 4.90 Å². The number of hydrogen-bond donors (Lipinski definition) is 0. The third kappa shape index (κ3) is 5.56. The van der Waals surface area contributed by atoms with Crippen molar-refractivity contribution in [1.29, 1.82) is 0 Å². The second kappa shape index (κ2) is 13.7. The highest BCUT2D eigenvalue weighted by Gasteiger charge is 2.24. The highest BCUT2D eigenvalue weighted by molar-refractivity contribution is 7.26. The summed E-state index contributed by atoms with van der Waals surface area (Å²) in [6.45, 7) is 0. The Hall–Kier alpha value is -6.74. The Morgan fingerprint density at radius 1 is 0.315 bits per heavy atom. The molecule has 0 aliphatic heterocycles. The van der Waals surface area contributed by atoms with Crippen LogP contribution in [0.2, 0.25) is 0 Å². The molecular weight excluding hydrogens is 671 g/mol. The highest BCUT2D eigenvalue weighted by atomic mass is 32.1. The summed E-state index contributed by atoms with van der Waals surface area (Å²) in [5, 5.41) is 5.04. The summed E-state index contributed by atoms with van der Waals surface area (Å²) < 4.78 is 2.65. The van der Waals surface area contributed by atoms with Crippen molar-refractivity contribution in [3.63, 3.8) is 0 Å². The molecule has 9 aromatic carbocycles. The van der Waals surface area contributed by atoms with E-state index in [0.29, 0.717) is 0 Å². The van der Waals surface area contributed by atoms with Gasteiger partial charge in [-0.2, -0.15) is 0 Å². The molecule has 0 unspecified atom stereocenters. The first-order chi connectivity index (χ1) is 26.8. The first-order valence-electron chi connectivity index (χ1n) is 18.4. The second-order valence-electron chi connectivity index (χ2n) is 13.6. The van der Waals surface area contributed by atoms with Crippen LogP contribution in [0.25, 0.3) is 75.5 Å². The molecule has 10 rings (SSSR count). The lowest BCUT2D eigenvalue weighted by atomic mass is 9.87. The standard InChI is InChI=1S/C52H35NS/c1-3-16-36(17-4-1)41-22-9-10-25-46(41)51-43(38-18-5-2-6-19-38)26-15-30-49(51)53(48-29-13-21-37-20-7-8-23-42(37)48)40-34-32-39(33-35-40)44-27-14-28-47-45-24-11-12-31-50(45)54-52(44)47/h1-35H. The van der Waals surface area contributed by atoms with Gasteiger partial charge in [-0.25, -0.2) is 0 Å². The Morgan fingerprint density at radius 2 is 0.833 bits per heavy atom. The lowest BCUT2D eigenvalue weighted by Gasteiger charge is -2.31. The van der Waals surface area contributed by atoms with Gasteiger partial charge in [0.05, 0.1) is 11.4 Å². The molecule has 54 heavy (non-hydrogen) atoms. The molecule has 254 valence electrons. The van der Waals surface area contributed by atoms with Gasteiger partial charge in [0.2, 0.25) is 0 Å². The van der Waals surface area contributed by atoms with Crippen molar-refractivity contribution in [3.05, 3.63) is 212 Å². The van der Waals surface area contributed by atoms with E-state index in [0.717, 1.165) is 17.1 Å². The fourth-order valence-corrected chi connectivity index (χ4v) is 9.25. The predicted octanol–water partition coefficient (Wildman–Crippen LogP) is 15.3. The third-order valence-electron chi connectivity index (χ3n) is 10.5. The van der Waals surface area contributed by atoms with Gasteiger partial charge in [-0.3, -0.25) is 0 Å². The fourth-order valence-electron chi connectivity index (χ4n) is 8.01. The summed E-state index contributed by atoms with van der Waals surface area (Å²) in [6.07, 6.45) is 0. The van der Waals surface area contributed by atoms with Crippen LogP contribution in [0.4, 0.5) is 17.1 Å². The van der Waals surface area contributed by atoms with Crippen LogP contribution in [0, 0.1) is 0 Å². The maximum absolute atomic E-state index is 2.47. The molecule has 2 heteroatoms. The number of thiophene rings is 1. The number of nitrogens with zero attached hydrogens (tertiary/aromatic N) is 1.